The Bertz CT molecular complexity index is 1180. The van der Waals surface area contributed by atoms with Gasteiger partial charge in [0.05, 0.1) is 23.0 Å². The zero-order valence-corrected chi connectivity index (χ0v) is 18.4. The lowest BCUT2D eigenvalue weighted by Crippen LogP contribution is -2.51. The summed E-state index contributed by atoms with van der Waals surface area (Å²) in [6.45, 7) is 2.04. The number of hydrogen-bond donors (Lipinski definition) is 1. The molecule has 1 atom stereocenters. The second-order valence-corrected chi connectivity index (χ2v) is 8.57. The standard InChI is InChI=1S/C25H24F3N5O/c26-25(27,28)19-7-1-6-18(14-19)21-8-9-22-23(31-21)33(20-10-13-32(22)16-20)24(34)30-12-3-5-17-4-2-11-29-15-17/h1-2,4,6-9,11,14-15,20H,3,5,10,12-13,16H2,(H,30,34)/t20-/m0/s1. The summed E-state index contributed by atoms with van der Waals surface area (Å²) in [4.78, 5) is 25.8. The second-order valence-electron chi connectivity index (χ2n) is 8.57. The Balaban J connectivity index is 1.36. The summed E-state index contributed by atoms with van der Waals surface area (Å²) in [5, 5.41) is 2.99. The van der Waals surface area contributed by atoms with Gasteiger partial charge in [0.15, 0.2) is 5.82 Å². The van der Waals surface area contributed by atoms with E-state index < -0.39 is 11.7 Å². The number of nitrogens with one attached hydrogen (secondary N) is 1. The fourth-order valence-electron chi connectivity index (χ4n) is 4.61. The summed E-state index contributed by atoms with van der Waals surface area (Å²) in [6, 6.07) is 12.3. The van der Waals surface area contributed by atoms with Gasteiger partial charge in [0.2, 0.25) is 0 Å². The van der Waals surface area contributed by atoms with Crippen LogP contribution in [0.1, 0.15) is 24.0 Å². The van der Waals surface area contributed by atoms with Crippen LogP contribution in [0.2, 0.25) is 0 Å². The van der Waals surface area contributed by atoms with Gasteiger partial charge in [-0.15, -0.1) is 0 Å². The topological polar surface area (TPSA) is 61.4 Å². The number of rotatable bonds is 5. The van der Waals surface area contributed by atoms with E-state index in [0.717, 1.165) is 55.7 Å². The number of amides is 2. The van der Waals surface area contributed by atoms with Crippen molar-refractivity contribution < 1.29 is 18.0 Å². The number of carbonyl (C=O) groups excluding carboxylic acids is 1. The van der Waals surface area contributed by atoms with Gasteiger partial charge in [-0.3, -0.25) is 9.88 Å². The van der Waals surface area contributed by atoms with Gasteiger partial charge in [-0.1, -0.05) is 18.2 Å². The van der Waals surface area contributed by atoms with E-state index in [1.54, 1.807) is 23.2 Å². The third-order valence-corrected chi connectivity index (χ3v) is 6.30. The first-order valence-corrected chi connectivity index (χ1v) is 11.3. The number of alkyl halides is 3. The molecule has 34 heavy (non-hydrogen) atoms. The third-order valence-electron chi connectivity index (χ3n) is 6.30. The summed E-state index contributed by atoms with van der Waals surface area (Å²) < 4.78 is 39.6. The first-order chi connectivity index (χ1) is 16.4. The molecule has 9 heteroatoms. The minimum Gasteiger partial charge on any atom is -0.366 e. The van der Waals surface area contributed by atoms with E-state index in [9.17, 15) is 18.0 Å². The number of fused-ring (bicyclic) bond motifs is 4. The number of hydrogen-bond acceptors (Lipinski definition) is 4. The molecule has 0 aliphatic carbocycles. The molecule has 2 aliphatic heterocycles. The molecule has 1 fully saturated rings. The lowest BCUT2D eigenvalue weighted by molar-refractivity contribution is -0.137. The molecule has 2 amide bonds. The van der Waals surface area contributed by atoms with Gasteiger partial charge in [0.1, 0.15) is 0 Å². The Morgan fingerprint density at radius 1 is 1.15 bits per heavy atom. The van der Waals surface area contributed by atoms with Crippen LogP contribution in [-0.4, -0.2) is 41.7 Å². The van der Waals surface area contributed by atoms with E-state index in [-0.39, 0.29) is 12.1 Å². The van der Waals surface area contributed by atoms with Crippen LogP contribution in [0.5, 0.6) is 0 Å². The van der Waals surface area contributed by atoms with Crippen molar-refractivity contribution in [2.24, 2.45) is 0 Å². The van der Waals surface area contributed by atoms with Gasteiger partial charge < -0.3 is 10.2 Å². The van der Waals surface area contributed by atoms with Crippen LogP contribution in [0, 0.1) is 0 Å². The smallest absolute Gasteiger partial charge is 0.366 e. The summed E-state index contributed by atoms with van der Waals surface area (Å²) in [5.74, 6) is 0.494. The molecule has 3 aromatic rings. The first kappa shape index (κ1) is 22.2. The molecule has 1 aromatic carbocycles. The van der Waals surface area contributed by atoms with Crippen molar-refractivity contribution in [1.82, 2.24) is 15.3 Å². The highest BCUT2D eigenvalue weighted by Gasteiger charge is 2.40. The van der Waals surface area contributed by atoms with Gasteiger partial charge in [0.25, 0.3) is 0 Å². The highest BCUT2D eigenvalue weighted by molar-refractivity contribution is 5.97. The molecule has 1 saturated heterocycles. The van der Waals surface area contributed by atoms with E-state index in [1.165, 1.54) is 6.07 Å². The molecule has 2 bridgehead atoms. The summed E-state index contributed by atoms with van der Waals surface area (Å²) in [5.41, 5.74) is 1.98. The Morgan fingerprint density at radius 3 is 2.82 bits per heavy atom. The van der Waals surface area contributed by atoms with Crippen molar-refractivity contribution in [2.45, 2.75) is 31.5 Å². The molecule has 0 unspecified atom stereocenters. The highest BCUT2D eigenvalue weighted by Crippen LogP contribution is 2.40. The summed E-state index contributed by atoms with van der Waals surface area (Å²) in [7, 11) is 0. The van der Waals surface area contributed by atoms with Crippen molar-refractivity contribution in [3.05, 3.63) is 72.1 Å². The van der Waals surface area contributed by atoms with Crippen molar-refractivity contribution in [3.63, 3.8) is 0 Å². The van der Waals surface area contributed by atoms with Crippen LogP contribution < -0.4 is 15.1 Å². The minimum absolute atomic E-state index is 0.0184. The highest BCUT2D eigenvalue weighted by atomic mass is 19.4. The molecule has 5 rings (SSSR count). The molecule has 2 aliphatic rings. The third kappa shape index (κ3) is 4.42. The number of aryl methyl sites for hydroxylation is 1. The quantitative estimate of drug-likeness (QED) is 0.542. The van der Waals surface area contributed by atoms with Crippen LogP contribution in [-0.2, 0) is 12.6 Å². The molecule has 0 saturated carbocycles. The molecule has 1 N–H and O–H groups in total. The zero-order valence-electron chi connectivity index (χ0n) is 18.4. The van der Waals surface area contributed by atoms with Crippen LogP contribution >= 0.6 is 0 Å². The summed E-state index contributed by atoms with van der Waals surface area (Å²) in [6.07, 6.45) is 1.50. The van der Waals surface area contributed by atoms with Crippen molar-refractivity contribution in [1.29, 1.82) is 0 Å². The molecule has 176 valence electrons. The predicted octanol–water partition coefficient (Wildman–Crippen LogP) is 4.90. The predicted molar refractivity (Wildman–Crippen MR) is 124 cm³/mol. The van der Waals surface area contributed by atoms with Gasteiger partial charge in [-0.25, -0.2) is 9.78 Å². The Kier molecular flexibility index (Phi) is 5.85. The van der Waals surface area contributed by atoms with E-state index >= 15 is 0 Å². The maximum atomic E-state index is 13.2. The average Bonchev–Trinajstić information content (AvgIpc) is 3.26. The molecule has 0 spiro atoms. The van der Waals surface area contributed by atoms with Crippen LogP contribution in [0.25, 0.3) is 11.3 Å². The van der Waals surface area contributed by atoms with Crippen molar-refractivity contribution >= 4 is 17.5 Å². The molecule has 4 heterocycles. The first-order valence-electron chi connectivity index (χ1n) is 11.3. The minimum atomic E-state index is -4.43. The van der Waals surface area contributed by atoms with E-state index in [2.05, 4.69) is 20.2 Å². The van der Waals surface area contributed by atoms with Crippen molar-refractivity contribution in [2.75, 3.05) is 29.4 Å². The lowest BCUT2D eigenvalue weighted by atomic mass is 10.1. The van der Waals surface area contributed by atoms with Crippen LogP contribution in [0.3, 0.4) is 0 Å². The van der Waals surface area contributed by atoms with Crippen molar-refractivity contribution in [3.8, 4) is 11.3 Å². The molecule has 2 aromatic heterocycles. The number of aromatic nitrogens is 2. The Hall–Kier alpha value is -3.62. The van der Waals surface area contributed by atoms with E-state index in [0.29, 0.717) is 23.6 Å². The van der Waals surface area contributed by atoms with Gasteiger partial charge in [-0.2, -0.15) is 13.2 Å². The van der Waals surface area contributed by atoms with Gasteiger partial charge in [0, 0.05) is 37.6 Å². The number of anilines is 2. The second kappa shape index (κ2) is 8.96. The van der Waals surface area contributed by atoms with Crippen LogP contribution in [0.4, 0.5) is 29.5 Å². The van der Waals surface area contributed by atoms with Crippen LogP contribution in [0.15, 0.2) is 60.9 Å². The molecule has 6 nitrogen and oxygen atoms in total. The number of halogens is 3. The molecular weight excluding hydrogens is 443 g/mol. The molecule has 0 radical (unpaired) electrons. The number of urea groups is 1. The van der Waals surface area contributed by atoms with E-state index in [4.69, 9.17) is 0 Å². The maximum Gasteiger partial charge on any atom is 0.416 e. The largest absolute Gasteiger partial charge is 0.416 e. The number of nitrogens with zero attached hydrogens (tertiary/aromatic N) is 4. The number of carbonyl (C=O) groups is 1. The van der Waals surface area contributed by atoms with E-state index in [1.807, 2.05) is 24.4 Å². The zero-order chi connectivity index (χ0) is 23.7. The molecular formula is C25H24F3N5O. The Morgan fingerprint density at radius 2 is 2.03 bits per heavy atom. The normalized spacial score (nSPS) is 17.0. The fourth-order valence-corrected chi connectivity index (χ4v) is 4.61. The fraction of sp³-hybridized carbons (Fsp3) is 0.320. The summed E-state index contributed by atoms with van der Waals surface area (Å²) >= 11 is 0. The van der Waals surface area contributed by atoms with Gasteiger partial charge in [-0.05, 0) is 55.2 Å². The lowest BCUT2D eigenvalue weighted by Gasteiger charge is -2.36. The van der Waals surface area contributed by atoms with Gasteiger partial charge >= 0.3 is 12.2 Å². The average molecular weight is 467 g/mol. The Labute approximate surface area is 195 Å². The maximum absolute atomic E-state index is 13.2. The number of benzene rings is 1. The number of pyridine rings is 2. The monoisotopic (exact) mass is 467 g/mol. The SMILES string of the molecule is O=C(NCCCc1cccnc1)N1c2nc(-c3cccc(C(F)(F)F)c3)ccc2N2CC[C@H]1C2.